The fourth-order valence-electron chi connectivity index (χ4n) is 3.52. The average Bonchev–Trinajstić information content (AvgIpc) is 2.59. The van der Waals surface area contributed by atoms with Gasteiger partial charge < -0.3 is 4.74 Å². The molecule has 0 heterocycles. The SMILES string of the molecule is CC1CCC(C(C)C)C(OC(=O)C(C)SCc2cccc(C#N)c2)C1. The van der Waals surface area contributed by atoms with E-state index in [2.05, 4.69) is 26.8 Å². The predicted octanol–water partition coefficient (Wildman–Crippen LogP) is 5.18. The van der Waals surface area contributed by atoms with E-state index in [9.17, 15) is 4.79 Å². The molecule has 4 unspecified atom stereocenters. The fourth-order valence-corrected chi connectivity index (χ4v) is 4.33. The van der Waals surface area contributed by atoms with Gasteiger partial charge in [-0.3, -0.25) is 4.79 Å². The van der Waals surface area contributed by atoms with Crippen LogP contribution >= 0.6 is 11.8 Å². The Kier molecular flexibility index (Phi) is 7.38. The molecule has 1 aliphatic rings. The van der Waals surface area contributed by atoms with Crippen molar-refractivity contribution in [2.24, 2.45) is 17.8 Å². The van der Waals surface area contributed by atoms with Gasteiger partial charge in [-0.1, -0.05) is 39.3 Å². The van der Waals surface area contributed by atoms with E-state index in [0.717, 1.165) is 18.4 Å². The number of thioether (sulfide) groups is 1. The second kappa shape index (κ2) is 9.29. The molecule has 0 N–H and O–H groups in total. The molecule has 1 aromatic carbocycles. The lowest BCUT2D eigenvalue weighted by atomic mass is 9.75. The topological polar surface area (TPSA) is 50.1 Å². The summed E-state index contributed by atoms with van der Waals surface area (Å²) in [7, 11) is 0. The number of nitrogens with zero attached hydrogens (tertiary/aromatic N) is 1. The van der Waals surface area contributed by atoms with Crippen molar-refractivity contribution in [1.29, 1.82) is 5.26 Å². The van der Waals surface area contributed by atoms with E-state index in [1.165, 1.54) is 6.42 Å². The summed E-state index contributed by atoms with van der Waals surface area (Å²) in [6, 6.07) is 9.69. The second-order valence-electron chi connectivity index (χ2n) is 7.57. The van der Waals surface area contributed by atoms with Crippen molar-refractivity contribution in [2.75, 3.05) is 0 Å². The third-order valence-corrected chi connectivity index (χ3v) is 6.31. The molecule has 0 saturated heterocycles. The normalized spacial score (nSPS) is 24.6. The van der Waals surface area contributed by atoms with Gasteiger partial charge in [0, 0.05) is 5.75 Å². The zero-order valence-electron chi connectivity index (χ0n) is 15.7. The van der Waals surface area contributed by atoms with E-state index < -0.39 is 0 Å². The van der Waals surface area contributed by atoms with Gasteiger partial charge in [-0.05, 0) is 55.2 Å². The highest BCUT2D eigenvalue weighted by Crippen LogP contribution is 2.36. The van der Waals surface area contributed by atoms with Crippen LogP contribution in [0.3, 0.4) is 0 Å². The number of nitriles is 1. The van der Waals surface area contributed by atoms with Crippen LogP contribution < -0.4 is 0 Å². The molecule has 1 fully saturated rings. The Morgan fingerprint density at radius 2 is 2.12 bits per heavy atom. The van der Waals surface area contributed by atoms with Crippen molar-refractivity contribution < 1.29 is 9.53 Å². The summed E-state index contributed by atoms with van der Waals surface area (Å²) in [4.78, 5) is 12.5. The number of rotatable bonds is 6. The molecule has 0 spiro atoms. The molecule has 3 nitrogen and oxygen atoms in total. The highest BCUT2D eigenvalue weighted by Gasteiger charge is 2.34. The predicted molar refractivity (Wildman–Crippen MR) is 103 cm³/mol. The summed E-state index contributed by atoms with van der Waals surface area (Å²) < 4.78 is 5.92. The van der Waals surface area contributed by atoms with Crippen molar-refractivity contribution in [1.82, 2.24) is 0 Å². The molecule has 1 aromatic rings. The number of esters is 1. The molecule has 2 rings (SSSR count). The largest absolute Gasteiger partial charge is 0.461 e. The fraction of sp³-hybridized carbons (Fsp3) is 0.619. The van der Waals surface area contributed by atoms with Gasteiger partial charge in [0.15, 0.2) is 0 Å². The first kappa shape index (κ1) is 19.8. The Labute approximate surface area is 156 Å². The molecule has 0 aliphatic heterocycles. The van der Waals surface area contributed by atoms with E-state index in [1.807, 2.05) is 25.1 Å². The third kappa shape index (κ3) is 5.78. The number of hydrogen-bond acceptors (Lipinski definition) is 4. The first-order chi connectivity index (χ1) is 11.9. The third-order valence-electron chi connectivity index (χ3n) is 5.12. The molecule has 4 atom stereocenters. The minimum Gasteiger partial charge on any atom is -0.461 e. The molecule has 1 saturated carbocycles. The number of ether oxygens (including phenoxy) is 1. The zero-order chi connectivity index (χ0) is 18.4. The molecular weight excluding hydrogens is 330 g/mol. The molecule has 4 heteroatoms. The van der Waals surface area contributed by atoms with Gasteiger partial charge in [-0.25, -0.2) is 0 Å². The van der Waals surface area contributed by atoms with Crippen LogP contribution in [-0.2, 0) is 15.3 Å². The van der Waals surface area contributed by atoms with E-state index >= 15 is 0 Å². The summed E-state index contributed by atoms with van der Waals surface area (Å²) >= 11 is 1.57. The maximum Gasteiger partial charge on any atom is 0.319 e. The number of carbonyl (C=O) groups is 1. The summed E-state index contributed by atoms with van der Waals surface area (Å²) in [6.07, 6.45) is 3.42. The van der Waals surface area contributed by atoms with Crippen molar-refractivity contribution in [2.45, 2.75) is 64.1 Å². The highest BCUT2D eigenvalue weighted by atomic mass is 32.2. The van der Waals surface area contributed by atoms with E-state index in [-0.39, 0.29) is 17.3 Å². The van der Waals surface area contributed by atoms with Gasteiger partial charge in [0.2, 0.25) is 0 Å². The Morgan fingerprint density at radius 1 is 1.36 bits per heavy atom. The quantitative estimate of drug-likeness (QED) is 0.656. The minimum absolute atomic E-state index is 0.0567. The van der Waals surface area contributed by atoms with E-state index in [4.69, 9.17) is 10.00 Å². The van der Waals surface area contributed by atoms with Crippen LogP contribution in [0.1, 0.15) is 58.1 Å². The molecule has 1 aliphatic carbocycles. The maximum atomic E-state index is 12.5. The lowest BCUT2D eigenvalue weighted by Crippen LogP contribution is -2.37. The minimum atomic E-state index is -0.198. The molecule has 0 radical (unpaired) electrons. The number of hydrogen-bond donors (Lipinski definition) is 0. The van der Waals surface area contributed by atoms with Gasteiger partial charge in [-0.2, -0.15) is 5.26 Å². The summed E-state index contributed by atoms with van der Waals surface area (Å²) in [5.41, 5.74) is 1.72. The Hall–Kier alpha value is -1.47. The van der Waals surface area contributed by atoms with Gasteiger partial charge in [0.1, 0.15) is 6.10 Å². The highest BCUT2D eigenvalue weighted by molar-refractivity contribution is 7.99. The Morgan fingerprint density at radius 3 is 2.80 bits per heavy atom. The van der Waals surface area contributed by atoms with Gasteiger partial charge in [0.05, 0.1) is 16.9 Å². The molecular formula is C21H29NO2S. The number of benzene rings is 1. The molecule has 0 aromatic heterocycles. The number of carbonyl (C=O) groups excluding carboxylic acids is 1. The van der Waals surface area contributed by atoms with Crippen LogP contribution in [-0.4, -0.2) is 17.3 Å². The monoisotopic (exact) mass is 359 g/mol. The Balaban J connectivity index is 1.89. The first-order valence-corrected chi connectivity index (χ1v) is 10.3. The summed E-state index contributed by atoms with van der Waals surface area (Å²) in [5, 5.41) is 8.77. The van der Waals surface area contributed by atoms with Gasteiger partial charge >= 0.3 is 5.97 Å². The van der Waals surface area contributed by atoms with Crippen LogP contribution in [0.2, 0.25) is 0 Å². The van der Waals surface area contributed by atoms with Crippen molar-refractivity contribution in [3.63, 3.8) is 0 Å². The van der Waals surface area contributed by atoms with Gasteiger partial charge in [-0.15, -0.1) is 11.8 Å². The average molecular weight is 360 g/mol. The van der Waals surface area contributed by atoms with Crippen molar-refractivity contribution in [3.8, 4) is 6.07 Å². The van der Waals surface area contributed by atoms with Crippen LogP contribution in [0.15, 0.2) is 24.3 Å². The first-order valence-electron chi connectivity index (χ1n) is 9.21. The summed E-state index contributed by atoms with van der Waals surface area (Å²) in [6.45, 7) is 8.61. The maximum absolute atomic E-state index is 12.5. The van der Waals surface area contributed by atoms with E-state index in [0.29, 0.717) is 29.1 Å². The second-order valence-corrected chi connectivity index (χ2v) is 8.90. The van der Waals surface area contributed by atoms with Gasteiger partial charge in [0.25, 0.3) is 0 Å². The van der Waals surface area contributed by atoms with Crippen LogP contribution in [0.25, 0.3) is 0 Å². The molecule has 0 bridgehead atoms. The molecule has 25 heavy (non-hydrogen) atoms. The lowest BCUT2D eigenvalue weighted by Gasteiger charge is -2.37. The lowest BCUT2D eigenvalue weighted by molar-refractivity contribution is -0.154. The standard InChI is InChI=1S/C21H29NO2S/c1-14(2)19-9-8-15(3)10-20(19)24-21(23)16(4)25-13-18-7-5-6-17(11-18)12-22/h5-7,11,14-16,19-20H,8-10,13H2,1-4H3. The van der Waals surface area contributed by atoms with Crippen LogP contribution in [0, 0.1) is 29.1 Å². The van der Waals surface area contributed by atoms with E-state index in [1.54, 1.807) is 17.8 Å². The summed E-state index contributed by atoms with van der Waals surface area (Å²) in [5.74, 6) is 2.25. The molecule has 0 amide bonds. The zero-order valence-corrected chi connectivity index (χ0v) is 16.5. The Bertz CT molecular complexity index is 623. The van der Waals surface area contributed by atoms with Crippen molar-refractivity contribution in [3.05, 3.63) is 35.4 Å². The molecule has 136 valence electrons. The van der Waals surface area contributed by atoms with Crippen LogP contribution in [0.4, 0.5) is 0 Å². The van der Waals surface area contributed by atoms with Crippen molar-refractivity contribution >= 4 is 17.7 Å². The smallest absolute Gasteiger partial charge is 0.319 e. The van der Waals surface area contributed by atoms with Crippen LogP contribution in [0.5, 0.6) is 0 Å².